The second-order valence-electron chi connectivity index (χ2n) is 6.29. The van der Waals surface area contributed by atoms with Gasteiger partial charge in [0, 0.05) is 25.2 Å². The average Bonchev–Trinajstić information content (AvgIpc) is 3.17. The van der Waals surface area contributed by atoms with E-state index in [1.54, 1.807) is 0 Å². The molecule has 2 saturated heterocycles. The molecule has 2 heterocycles. The zero-order valence-corrected chi connectivity index (χ0v) is 15.1. The van der Waals surface area contributed by atoms with Gasteiger partial charge in [0.1, 0.15) is 5.69 Å². The van der Waals surface area contributed by atoms with Gasteiger partial charge in [-0.2, -0.15) is 4.31 Å². The first kappa shape index (κ1) is 18.1. The number of sulfonamides is 1. The summed E-state index contributed by atoms with van der Waals surface area (Å²) in [4.78, 5) is 10.6. The van der Waals surface area contributed by atoms with E-state index in [0.717, 1.165) is 18.9 Å². The zero-order chi connectivity index (χ0) is 18.2. The Balaban J connectivity index is 1.90. The van der Waals surface area contributed by atoms with E-state index in [-0.39, 0.29) is 27.8 Å². The van der Waals surface area contributed by atoms with Crippen LogP contribution in [0.15, 0.2) is 23.1 Å². The standard InChI is InChI=1S/C14H19N3O6S2/c18-17(19)14-9-12(25(22,23)16-6-1-2-7-16)3-4-13(14)15-11-5-8-24(20,21)10-11/h3-4,9,11,15H,1-2,5-8,10H2/t11-/m1/s1. The fourth-order valence-corrected chi connectivity index (χ4v) is 6.36. The highest BCUT2D eigenvalue weighted by Crippen LogP contribution is 2.31. The van der Waals surface area contributed by atoms with Crippen molar-refractivity contribution < 1.29 is 21.8 Å². The number of anilines is 1. The molecule has 3 rings (SSSR count). The fraction of sp³-hybridized carbons (Fsp3) is 0.571. The van der Waals surface area contributed by atoms with E-state index in [4.69, 9.17) is 0 Å². The van der Waals surface area contributed by atoms with Gasteiger partial charge in [0.2, 0.25) is 10.0 Å². The molecule has 2 aliphatic rings. The Morgan fingerprint density at radius 1 is 1.24 bits per heavy atom. The van der Waals surface area contributed by atoms with Crippen molar-refractivity contribution in [2.24, 2.45) is 0 Å². The highest BCUT2D eigenvalue weighted by Gasteiger charge is 2.32. The van der Waals surface area contributed by atoms with E-state index in [2.05, 4.69) is 5.32 Å². The highest BCUT2D eigenvalue weighted by atomic mass is 32.2. The van der Waals surface area contributed by atoms with Gasteiger partial charge >= 0.3 is 0 Å². The normalized spacial score (nSPS) is 23.6. The number of sulfone groups is 1. The van der Waals surface area contributed by atoms with Gasteiger partial charge in [0.25, 0.3) is 5.69 Å². The summed E-state index contributed by atoms with van der Waals surface area (Å²) in [5.74, 6) is -0.0438. The van der Waals surface area contributed by atoms with Gasteiger partial charge < -0.3 is 5.32 Å². The molecule has 0 radical (unpaired) electrons. The van der Waals surface area contributed by atoms with Crippen LogP contribution in [0.5, 0.6) is 0 Å². The number of hydrogen-bond acceptors (Lipinski definition) is 7. The third kappa shape index (κ3) is 3.77. The van der Waals surface area contributed by atoms with Crippen molar-refractivity contribution >= 4 is 31.2 Å². The summed E-state index contributed by atoms with van der Waals surface area (Å²) in [7, 11) is -6.88. The fourth-order valence-electron chi connectivity index (χ4n) is 3.15. The van der Waals surface area contributed by atoms with Gasteiger partial charge in [-0.05, 0) is 31.4 Å². The van der Waals surface area contributed by atoms with Gasteiger partial charge in [-0.1, -0.05) is 0 Å². The smallest absolute Gasteiger partial charge is 0.293 e. The van der Waals surface area contributed by atoms with E-state index in [1.165, 1.54) is 16.4 Å². The minimum atomic E-state index is -3.75. The molecule has 1 N–H and O–H groups in total. The topological polar surface area (TPSA) is 127 Å². The van der Waals surface area contributed by atoms with Gasteiger partial charge in [-0.3, -0.25) is 10.1 Å². The van der Waals surface area contributed by atoms with E-state index in [9.17, 15) is 26.9 Å². The van der Waals surface area contributed by atoms with Crippen molar-refractivity contribution in [1.82, 2.24) is 4.31 Å². The molecule has 11 heteroatoms. The monoisotopic (exact) mass is 389 g/mol. The van der Waals surface area contributed by atoms with E-state index in [1.807, 2.05) is 0 Å². The molecule has 0 aliphatic carbocycles. The predicted molar refractivity (Wildman–Crippen MR) is 91.8 cm³/mol. The Morgan fingerprint density at radius 2 is 1.92 bits per heavy atom. The number of nitrogens with zero attached hydrogens (tertiary/aromatic N) is 2. The average molecular weight is 389 g/mol. The number of hydrogen-bond donors (Lipinski definition) is 1. The van der Waals surface area contributed by atoms with Crippen molar-refractivity contribution in [2.45, 2.75) is 30.2 Å². The molecule has 0 spiro atoms. The maximum Gasteiger partial charge on any atom is 0.293 e. The number of nitro benzene ring substituents is 1. The Kier molecular flexibility index (Phi) is 4.73. The third-order valence-electron chi connectivity index (χ3n) is 4.46. The molecule has 138 valence electrons. The number of rotatable bonds is 5. The molecule has 0 saturated carbocycles. The van der Waals surface area contributed by atoms with E-state index < -0.39 is 30.8 Å². The molecular weight excluding hydrogens is 370 g/mol. The molecule has 0 bridgehead atoms. The molecular formula is C14H19N3O6S2. The number of nitro groups is 1. The summed E-state index contributed by atoms with van der Waals surface area (Å²) < 4.78 is 49.5. The quantitative estimate of drug-likeness (QED) is 0.587. The second kappa shape index (κ2) is 6.54. The van der Waals surface area contributed by atoms with Gasteiger partial charge in [0.15, 0.2) is 9.84 Å². The first-order chi connectivity index (χ1) is 11.7. The molecule has 0 amide bonds. The van der Waals surface area contributed by atoms with Crippen LogP contribution in [0.25, 0.3) is 0 Å². The molecule has 2 fully saturated rings. The molecule has 1 aromatic rings. The van der Waals surface area contributed by atoms with Gasteiger partial charge in [0.05, 0.1) is 21.3 Å². The minimum absolute atomic E-state index is 0.0416. The van der Waals surface area contributed by atoms with Crippen LogP contribution in [0.2, 0.25) is 0 Å². The lowest BCUT2D eigenvalue weighted by Gasteiger charge is -2.17. The second-order valence-corrected chi connectivity index (χ2v) is 10.5. The van der Waals surface area contributed by atoms with Crippen molar-refractivity contribution in [3.05, 3.63) is 28.3 Å². The first-order valence-electron chi connectivity index (χ1n) is 7.95. The molecule has 1 aromatic carbocycles. The summed E-state index contributed by atoms with van der Waals surface area (Å²) >= 11 is 0. The summed E-state index contributed by atoms with van der Waals surface area (Å²) in [5, 5.41) is 14.2. The van der Waals surface area contributed by atoms with Crippen molar-refractivity contribution in [3.63, 3.8) is 0 Å². The highest BCUT2D eigenvalue weighted by molar-refractivity contribution is 7.91. The summed E-state index contributed by atoms with van der Waals surface area (Å²) in [6, 6.07) is 3.29. The maximum absolute atomic E-state index is 12.6. The number of benzene rings is 1. The molecule has 25 heavy (non-hydrogen) atoms. The van der Waals surface area contributed by atoms with Crippen molar-refractivity contribution in [1.29, 1.82) is 0 Å². The third-order valence-corrected chi connectivity index (χ3v) is 8.12. The lowest BCUT2D eigenvalue weighted by atomic mass is 10.2. The molecule has 0 unspecified atom stereocenters. The summed E-state index contributed by atoms with van der Waals surface area (Å²) in [6.07, 6.45) is 1.92. The zero-order valence-electron chi connectivity index (χ0n) is 13.4. The van der Waals surface area contributed by atoms with E-state index >= 15 is 0 Å². The minimum Gasteiger partial charge on any atom is -0.376 e. The number of nitrogens with one attached hydrogen (secondary N) is 1. The van der Waals surface area contributed by atoms with Crippen LogP contribution >= 0.6 is 0 Å². The lowest BCUT2D eigenvalue weighted by Crippen LogP contribution is -2.28. The Morgan fingerprint density at radius 3 is 2.48 bits per heavy atom. The Labute approximate surface area is 146 Å². The molecule has 1 atom stereocenters. The van der Waals surface area contributed by atoms with E-state index in [0.29, 0.717) is 19.5 Å². The summed E-state index contributed by atoms with van der Waals surface area (Å²) in [5.41, 5.74) is -0.239. The Bertz CT molecular complexity index is 891. The van der Waals surface area contributed by atoms with Crippen LogP contribution in [-0.4, -0.2) is 56.7 Å². The van der Waals surface area contributed by atoms with Crippen LogP contribution in [0.3, 0.4) is 0 Å². The maximum atomic E-state index is 12.6. The molecule has 2 aliphatic heterocycles. The van der Waals surface area contributed by atoms with Crippen molar-refractivity contribution in [2.75, 3.05) is 29.9 Å². The van der Waals surface area contributed by atoms with Gasteiger partial charge in [-0.15, -0.1) is 0 Å². The largest absolute Gasteiger partial charge is 0.376 e. The van der Waals surface area contributed by atoms with Crippen LogP contribution in [0.1, 0.15) is 19.3 Å². The molecule has 9 nitrogen and oxygen atoms in total. The van der Waals surface area contributed by atoms with Crippen molar-refractivity contribution in [3.8, 4) is 0 Å². The molecule has 0 aromatic heterocycles. The van der Waals surface area contributed by atoms with Gasteiger partial charge in [-0.25, -0.2) is 16.8 Å². The van der Waals surface area contributed by atoms with Crippen LogP contribution < -0.4 is 5.32 Å². The predicted octanol–water partition coefficient (Wildman–Crippen LogP) is 0.978. The lowest BCUT2D eigenvalue weighted by molar-refractivity contribution is -0.384. The van der Waals surface area contributed by atoms with Crippen LogP contribution in [0, 0.1) is 10.1 Å². The SMILES string of the molecule is O=[N+]([O-])c1cc(S(=O)(=O)N2CCCC2)ccc1N[C@@H]1CCS(=O)(=O)C1. The Hall–Kier alpha value is -1.72. The van der Waals surface area contributed by atoms with Crippen LogP contribution in [-0.2, 0) is 19.9 Å². The first-order valence-corrected chi connectivity index (χ1v) is 11.2. The van der Waals surface area contributed by atoms with Crippen LogP contribution in [0.4, 0.5) is 11.4 Å². The summed E-state index contributed by atoms with van der Waals surface area (Å²) in [6.45, 7) is 0.826.